The van der Waals surface area contributed by atoms with E-state index in [2.05, 4.69) is 0 Å². The van der Waals surface area contributed by atoms with E-state index in [9.17, 15) is 4.79 Å². The van der Waals surface area contributed by atoms with Crippen LogP contribution in [0, 0.1) is 0 Å². The molecule has 15 heavy (non-hydrogen) atoms. The Morgan fingerprint density at radius 3 is 3.07 bits per heavy atom. The van der Waals surface area contributed by atoms with Gasteiger partial charge in [-0.2, -0.15) is 0 Å². The molecule has 82 valence electrons. The standard InChI is InChI=1S/C9H12N2O4/c10-11-9(12)6-1-7(14-2-6)5-15-8-3-13-4-8/h1-2,8H,3-5,10H2,(H,11,12). The topological polar surface area (TPSA) is 86.7 Å². The number of nitrogen functional groups attached to an aromatic ring is 1. The molecule has 0 radical (unpaired) electrons. The van der Waals surface area contributed by atoms with Crippen LogP contribution in [0.3, 0.4) is 0 Å². The van der Waals surface area contributed by atoms with E-state index in [4.69, 9.17) is 19.7 Å². The zero-order valence-electron chi connectivity index (χ0n) is 8.06. The fourth-order valence-corrected chi connectivity index (χ4v) is 1.17. The van der Waals surface area contributed by atoms with Crippen molar-refractivity contribution >= 4 is 5.91 Å². The largest absolute Gasteiger partial charge is 0.466 e. The van der Waals surface area contributed by atoms with Crippen LogP contribution in [0.5, 0.6) is 0 Å². The van der Waals surface area contributed by atoms with Crippen LogP contribution in [0.1, 0.15) is 16.1 Å². The van der Waals surface area contributed by atoms with Gasteiger partial charge in [0.05, 0.1) is 18.8 Å². The molecule has 1 fully saturated rings. The molecule has 6 nitrogen and oxygen atoms in total. The number of amides is 1. The summed E-state index contributed by atoms with van der Waals surface area (Å²) in [4.78, 5) is 11.1. The molecule has 1 aromatic heterocycles. The van der Waals surface area contributed by atoms with Gasteiger partial charge in [0.2, 0.25) is 0 Å². The number of hydrogen-bond acceptors (Lipinski definition) is 5. The van der Waals surface area contributed by atoms with Gasteiger partial charge < -0.3 is 13.9 Å². The third kappa shape index (κ3) is 2.35. The Kier molecular flexibility index (Phi) is 3.00. The third-order valence-electron chi connectivity index (χ3n) is 2.12. The molecule has 0 spiro atoms. The Balaban J connectivity index is 1.86. The number of hydrazine groups is 1. The Labute approximate surface area is 86.3 Å². The molecule has 0 aliphatic carbocycles. The zero-order chi connectivity index (χ0) is 10.7. The van der Waals surface area contributed by atoms with Crippen molar-refractivity contribution in [2.24, 2.45) is 5.84 Å². The number of rotatable bonds is 4. The maximum absolute atomic E-state index is 11.1. The average Bonchev–Trinajstić information content (AvgIpc) is 2.63. The van der Waals surface area contributed by atoms with E-state index in [0.29, 0.717) is 31.1 Å². The van der Waals surface area contributed by atoms with Crippen molar-refractivity contribution in [1.29, 1.82) is 0 Å². The molecule has 1 saturated heterocycles. The van der Waals surface area contributed by atoms with Crippen LogP contribution in [0.4, 0.5) is 0 Å². The van der Waals surface area contributed by atoms with Gasteiger partial charge in [-0.05, 0) is 6.07 Å². The zero-order valence-corrected chi connectivity index (χ0v) is 8.06. The van der Waals surface area contributed by atoms with Crippen LogP contribution in [0.25, 0.3) is 0 Å². The second-order valence-electron chi connectivity index (χ2n) is 3.25. The highest BCUT2D eigenvalue weighted by Gasteiger charge is 2.19. The van der Waals surface area contributed by atoms with E-state index in [0.717, 1.165) is 0 Å². The second kappa shape index (κ2) is 4.43. The van der Waals surface area contributed by atoms with Gasteiger partial charge in [0.25, 0.3) is 5.91 Å². The summed E-state index contributed by atoms with van der Waals surface area (Å²) in [6, 6.07) is 1.60. The maximum Gasteiger partial charge on any atom is 0.268 e. The first-order valence-corrected chi connectivity index (χ1v) is 4.57. The lowest BCUT2D eigenvalue weighted by molar-refractivity contribution is -0.137. The summed E-state index contributed by atoms with van der Waals surface area (Å²) < 4.78 is 15.5. The molecule has 0 aromatic carbocycles. The highest BCUT2D eigenvalue weighted by atomic mass is 16.6. The summed E-state index contributed by atoms with van der Waals surface area (Å²) in [6.45, 7) is 1.58. The summed E-state index contributed by atoms with van der Waals surface area (Å²) in [5.41, 5.74) is 2.41. The van der Waals surface area contributed by atoms with Crippen molar-refractivity contribution < 1.29 is 18.7 Å². The molecule has 0 unspecified atom stereocenters. The first kappa shape index (κ1) is 10.2. The van der Waals surface area contributed by atoms with Crippen molar-refractivity contribution in [2.45, 2.75) is 12.7 Å². The van der Waals surface area contributed by atoms with E-state index < -0.39 is 0 Å². The van der Waals surface area contributed by atoms with E-state index in [1.165, 1.54) is 6.26 Å². The SMILES string of the molecule is NNC(=O)c1coc(COC2COC2)c1. The molecular weight excluding hydrogens is 200 g/mol. The van der Waals surface area contributed by atoms with E-state index in [1.54, 1.807) is 6.07 Å². The number of ether oxygens (including phenoxy) is 2. The minimum atomic E-state index is -0.378. The Hall–Kier alpha value is -1.37. The molecular formula is C9H12N2O4. The van der Waals surface area contributed by atoms with Gasteiger partial charge >= 0.3 is 0 Å². The molecule has 3 N–H and O–H groups in total. The van der Waals surface area contributed by atoms with Crippen LogP contribution in [0.15, 0.2) is 16.7 Å². The van der Waals surface area contributed by atoms with Crippen molar-refractivity contribution in [2.75, 3.05) is 13.2 Å². The fourth-order valence-electron chi connectivity index (χ4n) is 1.17. The first-order chi connectivity index (χ1) is 7.29. The van der Waals surface area contributed by atoms with Crippen molar-refractivity contribution in [3.05, 3.63) is 23.7 Å². The lowest BCUT2D eigenvalue weighted by Gasteiger charge is -2.25. The lowest BCUT2D eigenvalue weighted by atomic mass is 10.3. The monoisotopic (exact) mass is 212 g/mol. The summed E-state index contributed by atoms with van der Waals surface area (Å²) in [7, 11) is 0. The quantitative estimate of drug-likeness (QED) is 0.410. The molecule has 2 heterocycles. The van der Waals surface area contributed by atoms with Gasteiger partial charge in [0.15, 0.2) is 0 Å². The minimum absolute atomic E-state index is 0.141. The number of carbonyl (C=O) groups excluding carboxylic acids is 1. The highest BCUT2D eigenvalue weighted by Crippen LogP contribution is 2.12. The first-order valence-electron chi connectivity index (χ1n) is 4.57. The molecule has 0 saturated carbocycles. The second-order valence-corrected chi connectivity index (χ2v) is 3.25. The van der Waals surface area contributed by atoms with Gasteiger partial charge in [-0.25, -0.2) is 5.84 Å². The van der Waals surface area contributed by atoms with E-state index >= 15 is 0 Å². The fraction of sp³-hybridized carbons (Fsp3) is 0.444. The van der Waals surface area contributed by atoms with Gasteiger partial charge in [-0.1, -0.05) is 0 Å². The van der Waals surface area contributed by atoms with Crippen LogP contribution in [-0.2, 0) is 16.1 Å². The molecule has 1 aliphatic heterocycles. The molecule has 6 heteroatoms. The molecule has 1 amide bonds. The highest BCUT2D eigenvalue weighted by molar-refractivity contribution is 5.93. The summed E-state index contributed by atoms with van der Waals surface area (Å²) in [5, 5.41) is 0. The molecule has 0 atom stereocenters. The predicted molar refractivity (Wildman–Crippen MR) is 49.8 cm³/mol. The molecule has 0 bridgehead atoms. The van der Waals surface area contributed by atoms with Crippen molar-refractivity contribution in [3.63, 3.8) is 0 Å². The van der Waals surface area contributed by atoms with Crippen molar-refractivity contribution in [1.82, 2.24) is 5.43 Å². The minimum Gasteiger partial charge on any atom is -0.466 e. The predicted octanol–water partition coefficient (Wildman–Crippen LogP) is -0.202. The Bertz CT molecular complexity index is 346. The van der Waals surface area contributed by atoms with Gasteiger partial charge in [0, 0.05) is 0 Å². The summed E-state index contributed by atoms with van der Waals surface area (Å²) in [6.07, 6.45) is 1.49. The number of carbonyl (C=O) groups is 1. The Morgan fingerprint density at radius 2 is 2.47 bits per heavy atom. The van der Waals surface area contributed by atoms with Crippen LogP contribution in [-0.4, -0.2) is 25.2 Å². The van der Waals surface area contributed by atoms with E-state index in [1.807, 2.05) is 5.43 Å². The average molecular weight is 212 g/mol. The smallest absolute Gasteiger partial charge is 0.268 e. The van der Waals surface area contributed by atoms with Crippen molar-refractivity contribution in [3.8, 4) is 0 Å². The molecule has 2 rings (SSSR count). The normalized spacial score (nSPS) is 16.1. The number of hydrogen-bond donors (Lipinski definition) is 2. The van der Waals surface area contributed by atoms with Gasteiger partial charge in [0.1, 0.15) is 24.7 Å². The molecule has 1 aromatic rings. The maximum atomic E-state index is 11.1. The van der Waals surface area contributed by atoms with Gasteiger partial charge in [-0.15, -0.1) is 0 Å². The van der Waals surface area contributed by atoms with Crippen LogP contribution in [0.2, 0.25) is 0 Å². The molecule has 1 aliphatic rings. The summed E-state index contributed by atoms with van der Waals surface area (Å²) in [5.74, 6) is 5.20. The van der Waals surface area contributed by atoms with Crippen LogP contribution >= 0.6 is 0 Å². The van der Waals surface area contributed by atoms with Gasteiger partial charge in [-0.3, -0.25) is 10.2 Å². The number of furan rings is 1. The lowest BCUT2D eigenvalue weighted by Crippen LogP contribution is -2.35. The summed E-state index contributed by atoms with van der Waals surface area (Å²) >= 11 is 0. The Morgan fingerprint density at radius 1 is 1.67 bits per heavy atom. The third-order valence-corrected chi connectivity index (χ3v) is 2.12. The number of nitrogens with two attached hydrogens (primary N) is 1. The van der Waals surface area contributed by atoms with E-state index in [-0.39, 0.29) is 12.0 Å². The van der Waals surface area contributed by atoms with Crippen LogP contribution < -0.4 is 11.3 Å². The number of nitrogens with one attached hydrogen (secondary N) is 1.